The van der Waals surface area contributed by atoms with Gasteiger partial charge in [0.15, 0.2) is 0 Å². The van der Waals surface area contributed by atoms with Crippen LogP contribution in [-0.2, 0) is 6.42 Å². The zero-order chi connectivity index (χ0) is 13.2. The molecule has 0 amide bonds. The molecule has 19 heavy (non-hydrogen) atoms. The van der Waals surface area contributed by atoms with Crippen LogP contribution in [0.2, 0.25) is 0 Å². The van der Waals surface area contributed by atoms with Crippen molar-refractivity contribution in [1.29, 1.82) is 0 Å². The van der Waals surface area contributed by atoms with Gasteiger partial charge in [-0.25, -0.2) is 0 Å². The Balaban J connectivity index is 1.59. The third-order valence-electron chi connectivity index (χ3n) is 4.35. The van der Waals surface area contributed by atoms with Crippen molar-refractivity contribution in [3.63, 3.8) is 0 Å². The summed E-state index contributed by atoms with van der Waals surface area (Å²) in [7, 11) is 0. The van der Waals surface area contributed by atoms with Crippen molar-refractivity contribution >= 4 is 5.69 Å². The molecule has 0 bridgehead atoms. The summed E-state index contributed by atoms with van der Waals surface area (Å²) in [5.41, 5.74) is 1.10. The van der Waals surface area contributed by atoms with E-state index in [0.29, 0.717) is 0 Å². The Morgan fingerprint density at radius 3 is 2.63 bits per heavy atom. The molecule has 2 unspecified atom stereocenters. The first-order valence-corrected chi connectivity index (χ1v) is 6.89. The number of nitro groups is 1. The molecule has 1 aromatic rings. The van der Waals surface area contributed by atoms with Crippen molar-refractivity contribution in [2.45, 2.75) is 6.42 Å². The third-order valence-corrected chi connectivity index (χ3v) is 4.35. The number of nitrogens with one attached hydrogen (secondary N) is 1. The molecule has 0 saturated carbocycles. The fourth-order valence-electron chi connectivity index (χ4n) is 3.31. The molecular weight excluding hydrogens is 242 g/mol. The van der Waals surface area contributed by atoms with Crippen LogP contribution in [0.1, 0.15) is 5.56 Å². The zero-order valence-electron chi connectivity index (χ0n) is 10.9. The standard InChI is InChI=1S/C14H19N3O2/c18-17(19)14-4-2-1-3-11(14)5-6-16-9-12-7-15-8-13(12)10-16/h1-4,12-13,15H,5-10H2. The highest BCUT2D eigenvalue weighted by molar-refractivity contribution is 5.39. The zero-order valence-corrected chi connectivity index (χ0v) is 10.9. The van der Waals surface area contributed by atoms with Gasteiger partial charge in [-0.15, -0.1) is 0 Å². The molecule has 0 radical (unpaired) electrons. The van der Waals surface area contributed by atoms with Crippen molar-refractivity contribution in [2.24, 2.45) is 11.8 Å². The summed E-state index contributed by atoms with van der Waals surface area (Å²) in [5, 5.41) is 14.4. The van der Waals surface area contributed by atoms with Crippen LogP contribution in [0.15, 0.2) is 24.3 Å². The Kier molecular flexibility index (Phi) is 3.48. The molecule has 2 heterocycles. The fraction of sp³-hybridized carbons (Fsp3) is 0.571. The number of hydrogen-bond donors (Lipinski definition) is 1. The summed E-state index contributed by atoms with van der Waals surface area (Å²) in [5.74, 6) is 1.57. The second-order valence-corrected chi connectivity index (χ2v) is 5.57. The van der Waals surface area contributed by atoms with E-state index < -0.39 is 0 Å². The van der Waals surface area contributed by atoms with Crippen LogP contribution in [0.5, 0.6) is 0 Å². The minimum Gasteiger partial charge on any atom is -0.316 e. The van der Waals surface area contributed by atoms with E-state index in [-0.39, 0.29) is 10.6 Å². The summed E-state index contributed by atoms with van der Waals surface area (Å²) in [6, 6.07) is 7.08. The van der Waals surface area contributed by atoms with E-state index in [0.717, 1.165) is 56.5 Å². The second-order valence-electron chi connectivity index (χ2n) is 5.57. The van der Waals surface area contributed by atoms with Crippen molar-refractivity contribution in [3.8, 4) is 0 Å². The Hall–Kier alpha value is -1.46. The van der Waals surface area contributed by atoms with Gasteiger partial charge in [0.1, 0.15) is 0 Å². The Morgan fingerprint density at radius 1 is 1.26 bits per heavy atom. The lowest BCUT2D eigenvalue weighted by Crippen LogP contribution is -2.27. The molecule has 2 fully saturated rings. The van der Waals surface area contributed by atoms with Gasteiger partial charge in [-0.05, 0) is 31.3 Å². The summed E-state index contributed by atoms with van der Waals surface area (Å²) >= 11 is 0. The van der Waals surface area contributed by atoms with E-state index >= 15 is 0 Å². The summed E-state index contributed by atoms with van der Waals surface area (Å²) in [6.07, 6.45) is 0.768. The van der Waals surface area contributed by atoms with Crippen molar-refractivity contribution in [2.75, 3.05) is 32.7 Å². The molecule has 2 saturated heterocycles. The van der Waals surface area contributed by atoms with E-state index in [9.17, 15) is 10.1 Å². The van der Waals surface area contributed by atoms with Crippen LogP contribution >= 0.6 is 0 Å². The van der Waals surface area contributed by atoms with Gasteiger partial charge < -0.3 is 10.2 Å². The van der Waals surface area contributed by atoms with E-state index in [1.165, 1.54) is 0 Å². The third kappa shape index (κ3) is 2.62. The molecule has 5 nitrogen and oxygen atoms in total. The molecule has 0 spiro atoms. The van der Waals surface area contributed by atoms with Crippen molar-refractivity contribution in [1.82, 2.24) is 10.2 Å². The molecule has 0 aromatic heterocycles. The molecule has 102 valence electrons. The predicted octanol–water partition coefficient (Wildman–Crippen LogP) is 1.29. The number of rotatable bonds is 4. The number of nitrogens with zero attached hydrogens (tertiary/aromatic N) is 2. The van der Waals surface area contributed by atoms with E-state index in [2.05, 4.69) is 10.2 Å². The molecule has 2 aliphatic heterocycles. The average Bonchev–Trinajstić information content (AvgIpc) is 2.97. The maximum absolute atomic E-state index is 11.0. The van der Waals surface area contributed by atoms with Gasteiger partial charge in [-0.1, -0.05) is 18.2 Å². The number of nitro benzene ring substituents is 1. The first-order valence-electron chi connectivity index (χ1n) is 6.89. The van der Waals surface area contributed by atoms with Gasteiger partial charge in [0.2, 0.25) is 0 Å². The average molecular weight is 261 g/mol. The minimum absolute atomic E-state index is 0.253. The Bertz CT molecular complexity index is 466. The first kappa shape index (κ1) is 12.6. The van der Waals surface area contributed by atoms with E-state index in [1.807, 2.05) is 12.1 Å². The van der Waals surface area contributed by atoms with Crippen LogP contribution < -0.4 is 5.32 Å². The topological polar surface area (TPSA) is 58.4 Å². The molecule has 1 N–H and O–H groups in total. The molecule has 0 aliphatic carbocycles. The van der Waals surface area contributed by atoms with Gasteiger partial charge in [-0.3, -0.25) is 10.1 Å². The van der Waals surface area contributed by atoms with Crippen LogP contribution in [0, 0.1) is 22.0 Å². The predicted molar refractivity (Wildman–Crippen MR) is 73.1 cm³/mol. The molecule has 2 aliphatic rings. The molecular formula is C14H19N3O2. The minimum atomic E-state index is -0.280. The lowest BCUT2D eigenvalue weighted by atomic mass is 10.0. The molecule has 3 rings (SSSR count). The SMILES string of the molecule is O=[N+]([O-])c1ccccc1CCN1CC2CNCC2C1. The van der Waals surface area contributed by atoms with Gasteiger partial charge in [0, 0.05) is 31.3 Å². The van der Waals surface area contributed by atoms with Crippen LogP contribution in [-0.4, -0.2) is 42.5 Å². The van der Waals surface area contributed by atoms with Gasteiger partial charge in [0.05, 0.1) is 4.92 Å². The normalized spacial score (nSPS) is 26.5. The lowest BCUT2D eigenvalue weighted by Gasteiger charge is -2.16. The Labute approximate surface area is 112 Å². The number of benzene rings is 1. The lowest BCUT2D eigenvalue weighted by molar-refractivity contribution is -0.385. The number of para-hydroxylation sites is 1. The molecule has 2 atom stereocenters. The smallest absolute Gasteiger partial charge is 0.272 e. The van der Waals surface area contributed by atoms with Crippen LogP contribution in [0.25, 0.3) is 0 Å². The molecule has 5 heteroatoms. The Morgan fingerprint density at radius 2 is 1.95 bits per heavy atom. The maximum Gasteiger partial charge on any atom is 0.272 e. The highest BCUT2D eigenvalue weighted by Crippen LogP contribution is 2.27. The largest absolute Gasteiger partial charge is 0.316 e. The van der Waals surface area contributed by atoms with Crippen molar-refractivity contribution < 1.29 is 4.92 Å². The number of fused-ring (bicyclic) bond motifs is 1. The summed E-state index contributed by atoms with van der Waals surface area (Å²) < 4.78 is 0. The highest BCUT2D eigenvalue weighted by atomic mass is 16.6. The summed E-state index contributed by atoms with van der Waals surface area (Å²) in [4.78, 5) is 13.1. The summed E-state index contributed by atoms with van der Waals surface area (Å²) in [6.45, 7) is 5.47. The van der Waals surface area contributed by atoms with Crippen LogP contribution in [0.4, 0.5) is 5.69 Å². The van der Waals surface area contributed by atoms with Crippen molar-refractivity contribution in [3.05, 3.63) is 39.9 Å². The van der Waals surface area contributed by atoms with Crippen LogP contribution in [0.3, 0.4) is 0 Å². The second kappa shape index (κ2) is 5.27. The number of likely N-dealkylation sites (tertiary alicyclic amines) is 1. The van der Waals surface area contributed by atoms with Gasteiger partial charge in [-0.2, -0.15) is 0 Å². The first-order chi connectivity index (χ1) is 9.24. The highest BCUT2D eigenvalue weighted by Gasteiger charge is 2.35. The van der Waals surface area contributed by atoms with E-state index in [4.69, 9.17) is 0 Å². The maximum atomic E-state index is 11.0. The van der Waals surface area contributed by atoms with Gasteiger partial charge >= 0.3 is 0 Å². The monoisotopic (exact) mass is 261 g/mol. The number of hydrogen-bond acceptors (Lipinski definition) is 4. The molecule has 1 aromatic carbocycles. The fourth-order valence-corrected chi connectivity index (χ4v) is 3.31. The van der Waals surface area contributed by atoms with E-state index in [1.54, 1.807) is 12.1 Å². The van der Waals surface area contributed by atoms with Gasteiger partial charge in [0.25, 0.3) is 5.69 Å². The quantitative estimate of drug-likeness (QED) is 0.655.